The minimum atomic E-state index is 0.822. The van der Waals surface area contributed by atoms with Crippen molar-refractivity contribution in [2.24, 2.45) is 0 Å². The summed E-state index contributed by atoms with van der Waals surface area (Å²) in [4.78, 5) is 4.46. The van der Waals surface area contributed by atoms with Gasteiger partial charge in [0.2, 0.25) is 0 Å². The molecule has 0 fully saturated rings. The molecule has 18 heavy (non-hydrogen) atoms. The van der Waals surface area contributed by atoms with E-state index in [2.05, 4.69) is 34.6 Å². The molecule has 3 heteroatoms. The zero-order valence-electron chi connectivity index (χ0n) is 10.9. The van der Waals surface area contributed by atoms with E-state index in [1.165, 1.54) is 10.9 Å². The molecule has 1 heterocycles. The van der Waals surface area contributed by atoms with E-state index in [9.17, 15) is 0 Å². The summed E-state index contributed by atoms with van der Waals surface area (Å²) in [5.74, 6) is 0. The number of hydrogen-bond acceptors (Lipinski definition) is 3. The second kappa shape index (κ2) is 7.09. The fourth-order valence-electron chi connectivity index (χ4n) is 2.06. The molecule has 0 aliphatic rings. The van der Waals surface area contributed by atoms with Gasteiger partial charge in [-0.3, -0.25) is 4.98 Å². The number of nitrogens with one attached hydrogen (secondary N) is 1. The highest BCUT2D eigenvalue weighted by Crippen LogP contribution is 2.15. The Morgan fingerprint density at radius 1 is 1.17 bits per heavy atom. The molecule has 0 bridgehead atoms. The molecule has 2 aromatic rings. The summed E-state index contributed by atoms with van der Waals surface area (Å²) < 4.78 is 5.01. The van der Waals surface area contributed by atoms with Gasteiger partial charge in [-0.05, 0) is 37.6 Å². The first-order valence-corrected chi connectivity index (χ1v) is 6.44. The molecular weight excluding hydrogens is 224 g/mol. The molecule has 1 aromatic carbocycles. The van der Waals surface area contributed by atoms with Crippen molar-refractivity contribution in [2.75, 3.05) is 26.8 Å². The van der Waals surface area contributed by atoms with Gasteiger partial charge in [0, 0.05) is 25.3 Å². The van der Waals surface area contributed by atoms with Crippen molar-refractivity contribution < 1.29 is 4.74 Å². The maximum Gasteiger partial charge on any atom is 0.0734 e. The van der Waals surface area contributed by atoms with Crippen LogP contribution in [-0.4, -0.2) is 31.8 Å². The lowest BCUT2D eigenvalue weighted by Crippen LogP contribution is -2.19. The highest BCUT2D eigenvalue weighted by Gasteiger charge is 2.00. The molecule has 1 aromatic heterocycles. The molecule has 0 atom stereocenters. The predicted molar refractivity (Wildman–Crippen MR) is 74.8 cm³/mol. The fraction of sp³-hybridized carbons (Fsp3) is 0.400. The summed E-state index contributed by atoms with van der Waals surface area (Å²) in [6.07, 6.45) is 3.93. The van der Waals surface area contributed by atoms with Gasteiger partial charge in [-0.25, -0.2) is 0 Å². The Hall–Kier alpha value is -1.45. The van der Waals surface area contributed by atoms with Gasteiger partial charge in [0.05, 0.1) is 5.52 Å². The lowest BCUT2D eigenvalue weighted by atomic mass is 10.1. The van der Waals surface area contributed by atoms with Gasteiger partial charge in [0.25, 0.3) is 0 Å². The quantitative estimate of drug-likeness (QED) is 0.759. The Morgan fingerprint density at radius 2 is 2.06 bits per heavy atom. The minimum Gasteiger partial charge on any atom is -0.385 e. The number of pyridine rings is 1. The van der Waals surface area contributed by atoms with Gasteiger partial charge < -0.3 is 10.1 Å². The van der Waals surface area contributed by atoms with Crippen molar-refractivity contribution in [2.45, 2.75) is 12.8 Å². The van der Waals surface area contributed by atoms with E-state index < -0.39 is 0 Å². The summed E-state index contributed by atoms with van der Waals surface area (Å²) in [6, 6.07) is 10.5. The maximum atomic E-state index is 5.01. The van der Waals surface area contributed by atoms with Crippen molar-refractivity contribution in [1.82, 2.24) is 10.3 Å². The van der Waals surface area contributed by atoms with Gasteiger partial charge in [-0.1, -0.05) is 24.3 Å². The lowest BCUT2D eigenvalue weighted by Gasteiger charge is -2.07. The first kappa shape index (κ1) is 13.0. The second-order valence-electron chi connectivity index (χ2n) is 4.34. The molecule has 0 aliphatic carbocycles. The Bertz CT molecular complexity index is 479. The average molecular weight is 244 g/mol. The van der Waals surface area contributed by atoms with Crippen molar-refractivity contribution >= 4 is 10.9 Å². The number of methoxy groups -OCH3 is 1. The smallest absolute Gasteiger partial charge is 0.0734 e. The van der Waals surface area contributed by atoms with Crippen molar-refractivity contribution in [3.05, 3.63) is 42.1 Å². The Kier molecular flexibility index (Phi) is 5.12. The van der Waals surface area contributed by atoms with E-state index in [1.54, 1.807) is 7.11 Å². The fourth-order valence-corrected chi connectivity index (χ4v) is 2.06. The number of nitrogens with zero attached hydrogens (tertiary/aromatic N) is 1. The van der Waals surface area contributed by atoms with Crippen LogP contribution < -0.4 is 5.32 Å². The molecule has 0 saturated heterocycles. The zero-order valence-corrected chi connectivity index (χ0v) is 10.9. The summed E-state index contributed by atoms with van der Waals surface area (Å²) >= 11 is 0. The van der Waals surface area contributed by atoms with E-state index in [1.807, 2.05) is 12.3 Å². The molecule has 0 radical (unpaired) electrons. The van der Waals surface area contributed by atoms with Crippen LogP contribution in [0.25, 0.3) is 10.9 Å². The van der Waals surface area contributed by atoms with Gasteiger partial charge in [-0.15, -0.1) is 0 Å². The molecule has 0 saturated carbocycles. The maximum absolute atomic E-state index is 5.01. The lowest BCUT2D eigenvalue weighted by molar-refractivity contribution is 0.194. The summed E-state index contributed by atoms with van der Waals surface area (Å²) in [5.41, 5.74) is 2.44. The Balaban J connectivity index is 1.88. The van der Waals surface area contributed by atoms with Crippen LogP contribution in [0.1, 0.15) is 12.0 Å². The van der Waals surface area contributed by atoms with Gasteiger partial charge in [0.1, 0.15) is 0 Å². The van der Waals surface area contributed by atoms with Crippen LogP contribution in [0.4, 0.5) is 0 Å². The Morgan fingerprint density at radius 3 is 2.94 bits per heavy atom. The third-order valence-corrected chi connectivity index (χ3v) is 2.99. The predicted octanol–water partition coefficient (Wildman–Crippen LogP) is 2.40. The third-order valence-electron chi connectivity index (χ3n) is 2.99. The van der Waals surface area contributed by atoms with Gasteiger partial charge >= 0.3 is 0 Å². The monoisotopic (exact) mass is 244 g/mol. The van der Waals surface area contributed by atoms with Crippen LogP contribution in [0.15, 0.2) is 36.5 Å². The van der Waals surface area contributed by atoms with Crippen molar-refractivity contribution in [3.63, 3.8) is 0 Å². The normalized spacial score (nSPS) is 10.9. The molecule has 2 rings (SSSR count). The number of rotatable bonds is 7. The van der Waals surface area contributed by atoms with E-state index in [0.29, 0.717) is 0 Å². The average Bonchev–Trinajstić information content (AvgIpc) is 2.43. The van der Waals surface area contributed by atoms with Crippen LogP contribution in [0.5, 0.6) is 0 Å². The van der Waals surface area contributed by atoms with Gasteiger partial charge in [-0.2, -0.15) is 0 Å². The molecule has 0 aliphatic heterocycles. The molecular formula is C15H20N2O. The number of fused-ring (bicyclic) bond motifs is 1. The van der Waals surface area contributed by atoms with E-state index >= 15 is 0 Å². The highest BCUT2D eigenvalue weighted by molar-refractivity contribution is 5.81. The van der Waals surface area contributed by atoms with Crippen LogP contribution in [0.3, 0.4) is 0 Å². The first-order chi connectivity index (χ1) is 8.92. The largest absolute Gasteiger partial charge is 0.385 e. The number of ether oxygens (including phenoxy) is 1. The van der Waals surface area contributed by atoms with Crippen molar-refractivity contribution in [1.29, 1.82) is 0 Å². The van der Waals surface area contributed by atoms with Crippen LogP contribution in [-0.2, 0) is 11.2 Å². The SMILES string of the molecule is COCCCNCCc1cccc2cccnc12. The van der Waals surface area contributed by atoms with Crippen LogP contribution in [0.2, 0.25) is 0 Å². The number of para-hydroxylation sites is 1. The molecule has 0 spiro atoms. The van der Waals surface area contributed by atoms with E-state index in [-0.39, 0.29) is 0 Å². The van der Waals surface area contributed by atoms with Crippen molar-refractivity contribution in [3.8, 4) is 0 Å². The van der Waals surface area contributed by atoms with E-state index in [0.717, 1.165) is 38.1 Å². The summed E-state index contributed by atoms with van der Waals surface area (Å²) in [7, 11) is 1.74. The van der Waals surface area contributed by atoms with Crippen LogP contribution in [0, 0.1) is 0 Å². The standard InChI is InChI=1S/C15H20N2O/c1-18-12-4-9-16-11-8-14-6-2-5-13-7-3-10-17-15(13)14/h2-3,5-7,10,16H,4,8-9,11-12H2,1H3. The molecule has 1 N–H and O–H groups in total. The highest BCUT2D eigenvalue weighted by atomic mass is 16.5. The first-order valence-electron chi connectivity index (χ1n) is 6.44. The molecule has 0 unspecified atom stereocenters. The minimum absolute atomic E-state index is 0.822. The summed E-state index contributed by atoms with van der Waals surface area (Å²) in [6.45, 7) is 2.81. The molecule has 3 nitrogen and oxygen atoms in total. The molecule has 0 amide bonds. The zero-order chi connectivity index (χ0) is 12.6. The topological polar surface area (TPSA) is 34.1 Å². The summed E-state index contributed by atoms with van der Waals surface area (Å²) in [5, 5.41) is 4.64. The number of benzene rings is 1. The van der Waals surface area contributed by atoms with E-state index in [4.69, 9.17) is 4.74 Å². The third kappa shape index (κ3) is 3.52. The number of hydrogen-bond donors (Lipinski definition) is 1. The van der Waals surface area contributed by atoms with Gasteiger partial charge in [0.15, 0.2) is 0 Å². The van der Waals surface area contributed by atoms with Crippen LogP contribution >= 0.6 is 0 Å². The Labute approximate surface area is 108 Å². The molecule has 96 valence electrons. The second-order valence-corrected chi connectivity index (χ2v) is 4.34. The number of aromatic nitrogens is 1.